The minimum atomic E-state index is -3.81. The van der Waals surface area contributed by atoms with Crippen LogP contribution >= 0.6 is 0 Å². The topological polar surface area (TPSA) is 46.2 Å². The van der Waals surface area contributed by atoms with E-state index in [2.05, 4.69) is 4.72 Å². The van der Waals surface area contributed by atoms with Crippen molar-refractivity contribution in [1.29, 1.82) is 0 Å². The molecule has 0 unspecified atom stereocenters. The van der Waals surface area contributed by atoms with Crippen LogP contribution in [0.1, 0.15) is 11.1 Å². The molecule has 0 spiro atoms. The molecule has 2 aromatic carbocycles. The molecule has 2 rings (SSSR count). The molecule has 0 aliphatic heterocycles. The Bertz CT molecular complexity index is 768. The van der Waals surface area contributed by atoms with Crippen LogP contribution in [0.2, 0.25) is 0 Å². The van der Waals surface area contributed by atoms with E-state index in [1.54, 1.807) is 37.3 Å². The second kappa shape index (κ2) is 6.05. The van der Waals surface area contributed by atoms with E-state index in [1.807, 2.05) is 0 Å². The van der Waals surface area contributed by atoms with E-state index < -0.39 is 16.1 Å². The van der Waals surface area contributed by atoms with Gasteiger partial charge in [-0.15, -0.1) is 0 Å². The average Bonchev–Trinajstić information content (AvgIpc) is 2.41. The lowest BCUT2D eigenvalue weighted by atomic mass is 10.1. The lowest BCUT2D eigenvalue weighted by molar-refractivity contribution is 0.429. The van der Waals surface area contributed by atoms with E-state index in [0.29, 0.717) is 17.3 Å². The molecule has 0 radical (unpaired) electrons. The fraction of sp³-hybridized carbons (Fsp3) is 0.0667. The highest BCUT2D eigenvalue weighted by Crippen LogP contribution is 2.21. The molecule has 0 heterocycles. The summed E-state index contributed by atoms with van der Waals surface area (Å²) in [5.41, 5.74) is 1.15. The van der Waals surface area contributed by atoms with Crippen LogP contribution in [-0.2, 0) is 10.0 Å². The number of hydrogen-bond donors (Lipinski definition) is 1. The van der Waals surface area contributed by atoms with E-state index in [9.17, 15) is 17.2 Å². The van der Waals surface area contributed by atoms with Crippen LogP contribution in [0.4, 0.5) is 14.5 Å². The van der Waals surface area contributed by atoms with Crippen molar-refractivity contribution in [3.63, 3.8) is 0 Å². The third kappa shape index (κ3) is 3.88. The Kier molecular flexibility index (Phi) is 4.37. The summed E-state index contributed by atoms with van der Waals surface area (Å²) in [6, 6.07) is 12.5. The first-order chi connectivity index (χ1) is 9.88. The molecule has 3 nitrogen and oxygen atoms in total. The van der Waals surface area contributed by atoms with E-state index in [4.69, 9.17) is 0 Å². The summed E-state index contributed by atoms with van der Waals surface area (Å²) >= 11 is 0. The fourth-order valence-corrected chi connectivity index (χ4v) is 2.87. The highest BCUT2D eigenvalue weighted by molar-refractivity contribution is 7.92. The molecular weight excluding hydrogens is 296 g/mol. The third-order valence-corrected chi connectivity index (χ3v) is 4.23. The molecule has 0 bridgehead atoms. The average molecular weight is 309 g/mol. The summed E-state index contributed by atoms with van der Waals surface area (Å²) in [6.45, 7) is 1.63. The second-order valence-electron chi connectivity index (χ2n) is 4.42. The van der Waals surface area contributed by atoms with Gasteiger partial charge < -0.3 is 0 Å². The molecule has 0 amide bonds. The first-order valence-electron chi connectivity index (χ1n) is 6.10. The van der Waals surface area contributed by atoms with Crippen LogP contribution < -0.4 is 4.72 Å². The van der Waals surface area contributed by atoms with Crippen LogP contribution in [-0.4, -0.2) is 8.42 Å². The molecule has 6 heteroatoms. The standard InChI is InChI=1S/C15H13F2NO2S/c1-11-7-8-14(9-12(11)10-15(16)17)21(19,20)18-13-5-3-2-4-6-13/h2-10,18H,1H3. The van der Waals surface area contributed by atoms with Crippen molar-refractivity contribution in [3.8, 4) is 0 Å². The summed E-state index contributed by atoms with van der Waals surface area (Å²) in [5.74, 6) is 0. The smallest absolute Gasteiger partial charge is 0.270 e. The number of hydrogen-bond acceptors (Lipinski definition) is 2. The van der Waals surface area contributed by atoms with Gasteiger partial charge in [0.05, 0.1) is 4.90 Å². The first-order valence-corrected chi connectivity index (χ1v) is 7.58. The minimum Gasteiger partial charge on any atom is -0.280 e. The van der Waals surface area contributed by atoms with Gasteiger partial charge >= 0.3 is 0 Å². The molecule has 0 saturated heterocycles. The lowest BCUT2D eigenvalue weighted by Gasteiger charge is -2.09. The van der Waals surface area contributed by atoms with Crippen molar-refractivity contribution in [2.45, 2.75) is 11.8 Å². The Labute approximate surface area is 122 Å². The van der Waals surface area contributed by atoms with Gasteiger partial charge in [0.1, 0.15) is 0 Å². The van der Waals surface area contributed by atoms with E-state index >= 15 is 0 Å². The molecule has 0 aliphatic rings. The maximum absolute atomic E-state index is 12.4. The highest BCUT2D eigenvalue weighted by Gasteiger charge is 2.15. The Hall–Kier alpha value is -2.21. The minimum absolute atomic E-state index is 0.0653. The summed E-state index contributed by atoms with van der Waals surface area (Å²) in [5, 5.41) is 0. The number of anilines is 1. The monoisotopic (exact) mass is 309 g/mol. The summed E-state index contributed by atoms with van der Waals surface area (Å²) < 4.78 is 51.6. The summed E-state index contributed by atoms with van der Waals surface area (Å²) in [7, 11) is -3.81. The number of benzene rings is 2. The number of aryl methyl sites for hydroxylation is 1. The van der Waals surface area contributed by atoms with Gasteiger partial charge in [-0.1, -0.05) is 24.3 Å². The van der Waals surface area contributed by atoms with Gasteiger partial charge in [0.15, 0.2) is 0 Å². The molecule has 0 aromatic heterocycles. The Balaban J connectivity index is 2.39. The van der Waals surface area contributed by atoms with Gasteiger partial charge in [0, 0.05) is 11.8 Å². The van der Waals surface area contributed by atoms with Gasteiger partial charge in [0.25, 0.3) is 16.1 Å². The van der Waals surface area contributed by atoms with Crippen LogP contribution in [0.3, 0.4) is 0 Å². The maximum atomic E-state index is 12.4. The third-order valence-electron chi connectivity index (χ3n) is 2.85. The predicted molar refractivity (Wildman–Crippen MR) is 78.6 cm³/mol. The molecule has 0 fully saturated rings. The zero-order chi connectivity index (χ0) is 15.5. The Morgan fingerprint density at radius 1 is 1.10 bits per heavy atom. The van der Waals surface area contributed by atoms with Gasteiger partial charge in [-0.2, -0.15) is 8.78 Å². The van der Waals surface area contributed by atoms with E-state index in [1.165, 1.54) is 18.2 Å². The van der Waals surface area contributed by atoms with E-state index in [-0.39, 0.29) is 10.5 Å². The van der Waals surface area contributed by atoms with Crippen LogP contribution in [0, 0.1) is 6.92 Å². The van der Waals surface area contributed by atoms with Gasteiger partial charge in [-0.05, 0) is 42.3 Å². The second-order valence-corrected chi connectivity index (χ2v) is 6.11. The Morgan fingerprint density at radius 2 is 1.76 bits per heavy atom. The number of halogens is 2. The van der Waals surface area contributed by atoms with Crippen LogP contribution in [0.5, 0.6) is 0 Å². The van der Waals surface area contributed by atoms with Crippen LogP contribution in [0.15, 0.2) is 59.5 Å². The summed E-state index contributed by atoms with van der Waals surface area (Å²) in [4.78, 5) is -0.0653. The van der Waals surface area contributed by atoms with Crippen molar-refractivity contribution in [3.05, 3.63) is 65.7 Å². The molecule has 2 aromatic rings. The number of sulfonamides is 1. The normalized spacial score (nSPS) is 11.0. The molecule has 0 atom stereocenters. The van der Waals surface area contributed by atoms with Crippen molar-refractivity contribution in [1.82, 2.24) is 0 Å². The summed E-state index contributed by atoms with van der Waals surface area (Å²) in [6.07, 6.45) is -1.22. The molecule has 1 N–H and O–H groups in total. The molecule has 0 saturated carbocycles. The van der Waals surface area contributed by atoms with Crippen LogP contribution in [0.25, 0.3) is 6.08 Å². The largest absolute Gasteiger partial charge is 0.280 e. The molecule has 110 valence electrons. The zero-order valence-corrected chi connectivity index (χ0v) is 12.0. The number of rotatable bonds is 4. The highest BCUT2D eigenvalue weighted by atomic mass is 32.2. The van der Waals surface area contributed by atoms with Gasteiger partial charge in [-0.3, -0.25) is 4.72 Å². The zero-order valence-electron chi connectivity index (χ0n) is 11.2. The van der Waals surface area contributed by atoms with E-state index in [0.717, 1.165) is 0 Å². The van der Waals surface area contributed by atoms with Crippen molar-refractivity contribution >= 4 is 21.8 Å². The molecule has 0 aliphatic carbocycles. The fourth-order valence-electron chi connectivity index (χ4n) is 1.78. The molecule has 21 heavy (non-hydrogen) atoms. The van der Waals surface area contributed by atoms with Gasteiger partial charge in [-0.25, -0.2) is 8.42 Å². The maximum Gasteiger partial charge on any atom is 0.270 e. The SMILES string of the molecule is Cc1ccc(S(=O)(=O)Nc2ccccc2)cc1C=C(F)F. The van der Waals surface area contributed by atoms with Crippen molar-refractivity contribution in [2.24, 2.45) is 0 Å². The van der Waals surface area contributed by atoms with Gasteiger partial charge in [0.2, 0.25) is 0 Å². The van der Waals surface area contributed by atoms with Crippen molar-refractivity contribution < 1.29 is 17.2 Å². The first kappa shape index (κ1) is 15.2. The number of para-hydroxylation sites is 1. The lowest BCUT2D eigenvalue weighted by Crippen LogP contribution is -2.13. The number of nitrogens with one attached hydrogen (secondary N) is 1. The molecular formula is C15H13F2NO2S. The van der Waals surface area contributed by atoms with Crippen molar-refractivity contribution in [2.75, 3.05) is 4.72 Å². The quantitative estimate of drug-likeness (QED) is 0.926. The Morgan fingerprint density at radius 3 is 2.38 bits per heavy atom. The predicted octanol–water partition coefficient (Wildman–Crippen LogP) is 4.03.